The first-order valence-corrected chi connectivity index (χ1v) is 6.16. The summed E-state index contributed by atoms with van der Waals surface area (Å²) in [7, 11) is 0. The maximum Gasteiger partial charge on any atom is 0.310 e. The SMILES string of the molecule is C[C@@H](C(=O)O)c1ccc(OCc2ccccc2)cc1. The second-order valence-corrected chi connectivity index (χ2v) is 4.40. The van der Waals surface area contributed by atoms with E-state index in [2.05, 4.69) is 0 Å². The predicted octanol–water partition coefficient (Wildman–Crippen LogP) is 3.45. The number of hydrogen-bond donors (Lipinski definition) is 1. The van der Waals surface area contributed by atoms with Crippen molar-refractivity contribution in [1.82, 2.24) is 0 Å². The third-order valence-electron chi connectivity index (χ3n) is 3.00. The zero-order valence-electron chi connectivity index (χ0n) is 10.7. The molecule has 0 aliphatic heterocycles. The molecule has 0 bridgehead atoms. The highest BCUT2D eigenvalue weighted by molar-refractivity contribution is 5.75. The molecule has 0 unspecified atom stereocenters. The molecule has 0 aliphatic rings. The molecule has 0 radical (unpaired) electrons. The van der Waals surface area contributed by atoms with Crippen LogP contribution >= 0.6 is 0 Å². The Kier molecular flexibility index (Phi) is 4.18. The van der Waals surface area contributed by atoms with Gasteiger partial charge >= 0.3 is 5.97 Å². The van der Waals surface area contributed by atoms with Crippen LogP contribution in [0.5, 0.6) is 5.75 Å². The summed E-state index contributed by atoms with van der Waals surface area (Å²) in [5.41, 5.74) is 1.88. The van der Waals surface area contributed by atoms with Crippen molar-refractivity contribution in [3.05, 3.63) is 65.7 Å². The normalized spacial score (nSPS) is 11.8. The highest BCUT2D eigenvalue weighted by Gasteiger charge is 2.12. The lowest BCUT2D eigenvalue weighted by atomic mass is 10.0. The molecule has 1 N–H and O–H groups in total. The lowest BCUT2D eigenvalue weighted by Crippen LogP contribution is -2.07. The van der Waals surface area contributed by atoms with Gasteiger partial charge in [-0.2, -0.15) is 0 Å². The Morgan fingerprint density at radius 3 is 2.32 bits per heavy atom. The maximum absolute atomic E-state index is 10.9. The van der Waals surface area contributed by atoms with Crippen molar-refractivity contribution >= 4 is 5.97 Å². The number of carbonyl (C=O) groups is 1. The molecular weight excluding hydrogens is 240 g/mol. The van der Waals surface area contributed by atoms with Crippen LogP contribution in [0.15, 0.2) is 54.6 Å². The summed E-state index contributed by atoms with van der Waals surface area (Å²) in [6.45, 7) is 2.18. The average molecular weight is 256 g/mol. The van der Waals surface area contributed by atoms with E-state index >= 15 is 0 Å². The van der Waals surface area contributed by atoms with Gasteiger partial charge in [0.1, 0.15) is 12.4 Å². The van der Waals surface area contributed by atoms with E-state index in [0.717, 1.165) is 16.9 Å². The van der Waals surface area contributed by atoms with E-state index in [4.69, 9.17) is 9.84 Å². The Morgan fingerprint density at radius 2 is 1.74 bits per heavy atom. The second kappa shape index (κ2) is 6.05. The molecule has 0 fully saturated rings. The number of carboxylic acid groups (broad SMARTS) is 1. The molecule has 1 atom stereocenters. The van der Waals surface area contributed by atoms with E-state index in [0.29, 0.717) is 6.61 Å². The van der Waals surface area contributed by atoms with Crippen LogP contribution in [-0.2, 0) is 11.4 Å². The Labute approximate surface area is 112 Å². The number of ether oxygens (including phenoxy) is 1. The summed E-state index contributed by atoms with van der Waals surface area (Å²) in [5, 5.41) is 8.93. The van der Waals surface area contributed by atoms with E-state index in [1.807, 2.05) is 30.3 Å². The van der Waals surface area contributed by atoms with E-state index in [9.17, 15) is 4.79 Å². The van der Waals surface area contributed by atoms with Crippen LogP contribution in [0, 0.1) is 0 Å². The summed E-state index contributed by atoms with van der Waals surface area (Å²) in [6, 6.07) is 17.1. The number of rotatable bonds is 5. The van der Waals surface area contributed by atoms with E-state index < -0.39 is 11.9 Å². The fourth-order valence-corrected chi connectivity index (χ4v) is 1.74. The van der Waals surface area contributed by atoms with Crippen LogP contribution in [0.4, 0.5) is 0 Å². The first-order chi connectivity index (χ1) is 9.16. The van der Waals surface area contributed by atoms with Gasteiger partial charge in [0.2, 0.25) is 0 Å². The third kappa shape index (κ3) is 3.58. The fraction of sp³-hybridized carbons (Fsp3) is 0.188. The topological polar surface area (TPSA) is 46.5 Å². The van der Waals surface area contributed by atoms with Crippen LogP contribution in [0.1, 0.15) is 24.0 Å². The molecule has 98 valence electrons. The summed E-state index contributed by atoms with van der Waals surface area (Å²) in [4.78, 5) is 10.9. The zero-order valence-corrected chi connectivity index (χ0v) is 10.7. The minimum Gasteiger partial charge on any atom is -0.489 e. The molecule has 0 aliphatic carbocycles. The highest BCUT2D eigenvalue weighted by Crippen LogP contribution is 2.20. The average Bonchev–Trinajstić information content (AvgIpc) is 2.46. The number of hydrogen-bond acceptors (Lipinski definition) is 2. The van der Waals surface area contributed by atoms with Crippen molar-refractivity contribution in [2.75, 3.05) is 0 Å². The fourth-order valence-electron chi connectivity index (χ4n) is 1.74. The van der Waals surface area contributed by atoms with Gasteiger partial charge in [0.05, 0.1) is 5.92 Å². The minimum atomic E-state index is -0.821. The second-order valence-electron chi connectivity index (χ2n) is 4.40. The Balaban J connectivity index is 1.97. The third-order valence-corrected chi connectivity index (χ3v) is 3.00. The van der Waals surface area contributed by atoms with Gasteiger partial charge in [-0.15, -0.1) is 0 Å². The molecule has 19 heavy (non-hydrogen) atoms. The van der Waals surface area contributed by atoms with Gasteiger partial charge in [-0.25, -0.2) is 0 Å². The highest BCUT2D eigenvalue weighted by atomic mass is 16.5. The van der Waals surface area contributed by atoms with Gasteiger partial charge in [-0.3, -0.25) is 4.79 Å². The van der Waals surface area contributed by atoms with Gasteiger partial charge in [0.25, 0.3) is 0 Å². The quantitative estimate of drug-likeness (QED) is 0.891. The van der Waals surface area contributed by atoms with Crippen molar-refractivity contribution in [3.63, 3.8) is 0 Å². The molecule has 3 heteroatoms. The smallest absolute Gasteiger partial charge is 0.310 e. The molecule has 2 aromatic rings. The van der Waals surface area contributed by atoms with Crippen molar-refractivity contribution in [1.29, 1.82) is 0 Å². The maximum atomic E-state index is 10.9. The zero-order chi connectivity index (χ0) is 13.7. The van der Waals surface area contributed by atoms with Gasteiger partial charge in [-0.05, 0) is 30.2 Å². The predicted molar refractivity (Wildman–Crippen MR) is 73.3 cm³/mol. The largest absolute Gasteiger partial charge is 0.489 e. The monoisotopic (exact) mass is 256 g/mol. The molecular formula is C16H16O3. The van der Waals surface area contributed by atoms with E-state index in [1.54, 1.807) is 31.2 Å². The van der Waals surface area contributed by atoms with Gasteiger partial charge < -0.3 is 9.84 Å². The van der Waals surface area contributed by atoms with Crippen molar-refractivity contribution < 1.29 is 14.6 Å². The summed E-state index contributed by atoms with van der Waals surface area (Å²) >= 11 is 0. The van der Waals surface area contributed by atoms with Crippen LogP contribution in [0.2, 0.25) is 0 Å². The summed E-state index contributed by atoms with van der Waals surface area (Å²) in [5.74, 6) is -0.577. The molecule has 0 heterocycles. The number of benzene rings is 2. The van der Waals surface area contributed by atoms with Crippen LogP contribution in [-0.4, -0.2) is 11.1 Å². The van der Waals surface area contributed by atoms with Crippen LogP contribution in [0.3, 0.4) is 0 Å². The Bertz CT molecular complexity index is 532. The molecule has 2 aromatic carbocycles. The molecule has 2 rings (SSSR count). The Hall–Kier alpha value is -2.29. The number of carboxylic acids is 1. The molecule has 3 nitrogen and oxygen atoms in total. The molecule has 0 spiro atoms. The minimum absolute atomic E-state index is 0.497. The van der Waals surface area contributed by atoms with Crippen LogP contribution in [0.25, 0.3) is 0 Å². The summed E-state index contributed by atoms with van der Waals surface area (Å²) in [6.07, 6.45) is 0. The van der Waals surface area contributed by atoms with E-state index in [-0.39, 0.29) is 0 Å². The lowest BCUT2D eigenvalue weighted by Gasteiger charge is -2.09. The molecule has 0 aromatic heterocycles. The molecule has 0 saturated carbocycles. The first-order valence-electron chi connectivity index (χ1n) is 6.16. The number of aliphatic carboxylic acids is 1. The lowest BCUT2D eigenvalue weighted by molar-refractivity contribution is -0.138. The molecule has 0 amide bonds. The van der Waals surface area contributed by atoms with Crippen molar-refractivity contribution in [2.45, 2.75) is 19.4 Å². The first kappa shape index (κ1) is 13.1. The van der Waals surface area contributed by atoms with Crippen molar-refractivity contribution in [3.8, 4) is 5.75 Å². The van der Waals surface area contributed by atoms with Gasteiger partial charge in [0, 0.05) is 0 Å². The van der Waals surface area contributed by atoms with Crippen molar-refractivity contribution in [2.24, 2.45) is 0 Å². The summed E-state index contributed by atoms with van der Waals surface area (Å²) < 4.78 is 5.64. The van der Waals surface area contributed by atoms with E-state index in [1.165, 1.54) is 0 Å². The standard InChI is InChI=1S/C16H16O3/c1-12(16(17)18)14-7-9-15(10-8-14)19-11-13-5-3-2-4-6-13/h2-10,12H,11H2,1H3,(H,17,18)/t12-/m1/s1. The van der Waals surface area contributed by atoms with Crippen LogP contribution < -0.4 is 4.74 Å². The van der Waals surface area contributed by atoms with Gasteiger partial charge in [0.15, 0.2) is 0 Å². The van der Waals surface area contributed by atoms with Gasteiger partial charge in [-0.1, -0.05) is 42.5 Å². The Morgan fingerprint density at radius 1 is 1.11 bits per heavy atom. The molecule has 0 saturated heterocycles.